The van der Waals surface area contributed by atoms with E-state index in [2.05, 4.69) is 4.74 Å². The van der Waals surface area contributed by atoms with Gasteiger partial charge in [0, 0.05) is 23.3 Å². The SMILES string of the molecule is CCOC(=O)/C(CC)=C(/CC)C(=O)O.O=C1C=CC(=O)O1. The van der Waals surface area contributed by atoms with Gasteiger partial charge in [0.15, 0.2) is 0 Å². The van der Waals surface area contributed by atoms with E-state index in [1.165, 1.54) is 0 Å². The summed E-state index contributed by atoms with van der Waals surface area (Å²) >= 11 is 0. The Morgan fingerprint density at radius 2 is 1.52 bits per heavy atom. The van der Waals surface area contributed by atoms with Crippen LogP contribution in [0.2, 0.25) is 0 Å². The third-order valence-corrected chi connectivity index (χ3v) is 2.41. The lowest BCUT2D eigenvalue weighted by atomic mass is 10.0. The minimum atomic E-state index is -1.04. The van der Waals surface area contributed by atoms with E-state index in [9.17, 15) is 19.2 Å². The number of carboxylic acid groups (broad SMARTS) is 1. The van der Waals surface area contributed by atoms with Crippen molar-refractivity contribution in [2.75, 3.05) is 6.61 Å². The standard InChI is InChI=1S/C10H16O4.C4H2O3/c1-4-7(9(11)12)8(5-2)10(13)14-6-3;5-3-1-2-4(6)7-3/h4-6H2,1-3H3,(H,11,12);1-2H/b8-7-;. The maximum Gasteiger partial charge on any atom is 0.338 e. The second-order valence-corrected chi connectivity index (χ2v) is 3.76. The van der Waals surface area contributed by atoms with Gasteiger partial charge in [0.1, 0.15) is 0 Å². The first-order chi connectivity index (χ1) is 9.87. The number of carboxylic acids is 1. The number of esters is 3. The number of rotatable bonds is 5. The van der Waals surface area contributed by atoms with E-state index < -0.39 is 23.9 Å². The molecule has 0 atom stereocenters. The van der Waals surface area contributed by atoms with Crippen molar-refractivity contribution in [2.24, 2.45) is 0 Å². The Labute approximate surface area is 122 Å². The second kappa shape index (κ2) is 9.46. The predicted molar refractivity (Wildman–Crippen MR) is 72.1 cm³/mol. The zero-order valence-electron chi connectivity index (χ0n) is 12.2. The Morgan fingerprint density at radius 1 is 1.05 bits per heavy atom. The normalized spacial score (nSPS) is 13.9. The van der Waals surface area contributed by atoms with Gasteiger partial charge in [0.05, 0.1) is 6.61 Å². The van der Waals surface area contributed by atoms with Crippen molar-refractivity contribution >= 4 is 23.9 Å². The summed E-state index contributed by atoms with van der Waals surface area (Å²) in [6, 6.07) is 0. The highest BCUT2D eigenvalue weighted by Gasteiger charge is 2.18. The minimum Gasteiger partial charge on any atom is -0.478 e. The van der Waals surface area contributed by atoms with E-state index in [1.807, 2.05) is 0 Å². The van der Waals surface area contributed by atoms with Crippen LogP contribution in [0.3, 0.4) is 0 Å². The summed E-state index contributed by atoms with van der Waals surface area (Å²) in [5.41, 5.74) is 0.410. The molecule has 21 heavy (non-hydrogen) atoms. The lowest BCUT2D eigenvalue weighted by molar-refractivity contribution is -0.150. The van der Waals surface area contributed by atoms with E-state index in [0.717, 1.165) is 12.2 Å². The molecule has 116 valence electrons. The Bertz CT molecular complexity index is 470. The molecule has 0 bridgehead atoms. The fourth-order valence-electron chi connectivity index (χ4n) is 1.50. The van der Waals surface area contributed by atoms with Gasteiger partial charge in [0.2, 0.25) is 0 Å². The molecule has 1 aliphatic rings. The van der Waals surface area contributed by atoms with Crippen LogP contribution < -0.4 is 0 Å². The summed E-state index contributed by atoms with van der Waals surface area (Å²) in [5.74, 6) is -2.72. The van der Waals surface area contributed by atoms with Crippen molar-refractivity contribution in [3.63, 3.8) is 0 Å². The Balaban J connectivity index is 0.000000471. The molecule has 7 nitrogen and oxygen atoms in total. The van der Waals surface area contributed by atoms with Gasteiger partial charge < -0.3 is 14.6 Å². The third-order valence-electron chi connectivity index (χ3n) is 2.41. The summed E-state index contributed by atoms with van der Waals surface area (Å²) in [6.07, 6.45) is 2.89. The highest BCUT2D eigenvalue weighted by molar-refractivity contribution is 6.04. The van der Waals surface area contributed by atoms with Crippen LogP contribution in [-0.2, 0) is 28.7 Å². The van der Waals surface area contributed by atoms with Crippen molar-refractivity contribution < 1.29 is 33.8 Å². The lowest BCUT2D eigenvalue weighted by Crippen LogP contribution is -2.13. The quantitative estimate of drug-likeness (QED) is 0.464. The smallest absolute Gasteiger partial charge is 0.338 e. The molecule has 1 aliphatic heterocycles. The van der Waals surface area contributed by atoms with Crippen molar-refractivity contribution in [1.82, 2.24) is 0 Å². The van der Waals surface area contributed by atoms with Crippen molar-refractivity contribution in [3.05, 3.63) is 23.3 Å². The van der Waals surface area contributed by atoms with Gasteiger partial charge >= 0.3 is 23.9 Å². The molecule has 0 amide bonds. The Morgan fingerprint density at radius 3 is 1.76 bits per heavy atom. The van der Waals surface area contributed by atoms with Crippen LogP contribution in [0.25, 0.3) is 0 Å². The highest BCUT2D eigenvalue weighted by atomic mass is 16.6. The average molecular weight is 298 g/mol. The number of hydrogen-bond acceptors (Lipinski definition) is 6. The number of carbonyl (C=O) groups is 4. The van der Waals surface area contributed by atoms with Gasteiger partial charge in [-0.25, -0.2) is 19.2 Å². The lowest BCUT2D eigenvalue weighted by Gasteiger charge is -2.07. The average Bonchev–Trinajstić information content (AvgIpc) is 2.79. The molecule has 0 unspecified atom stereocenters. The maximum absolute atomic E-state index is 11.3. The monoisotopic (exact) mass is 298 g/mol. The first-order valence-corrected chi connectivity index (χ1v) is 6.43. The third kappa shape index (κ3) is 6.51. The van der Waals surface area contributed by atoms with E-state index in [-0.39, 0.29) is 17.8 Å². The molecule has 0 fully saturated rings. The van der Waals surface area contributed by atoms with Crippen molar-refractivity contribution in [1.29, 1.82) is 0 Å². The van der Waals surface area contributed by atoms with Crippen LogP contribution in [0.15, 0.2) is 23.3 Å². The second-order valence-electron chi connectivity index (χ2n) is 3.76. The van der Waals surface area contributed by atoms with Gasteiger partial charge in [-0.05, 0) is 19.8 Å². The van der Waals surface area contributed by atoms with Gasteiger partial charge in [0.25, 0.3) is 0 Å². The molecule has 0 aromatic heterocycles. The molecule has 0 saturated heterocycles. The van der Waals surface area contributed by atoms with Crippen LogP contribution in [0.5, 0.6) is 0 Å². The molecule has 0 radical (unpaired) electrons. The predicted octanol–water partition coefficient (Wildman–Crippen LogP) is 1.38. The Kier molecular flexibility index (Phi) is 8.36. The van der Waals surface area contributed by atoms with Crippen molar-refractivity contribution in [3.8, 4) is 0 Å². The molecular weight excluding hydrogens is 280 g/mol. The zero-order valence-corrected chi connectivity index (χ0v) is 12.2. The maximum atomic E-state index is 11.3. The summed E-state index contributed by atoms with van der Waals surface area (Å²) in [5, 5.41) is 8.83. The molecular formula is C14H18O7. The molecule has 7 heteroatoms. The van der Waals surface area contributed by atoms with Gasteiger partial charge in [-0.2, -0.15) is 0 Å². The van der Waals surface area contributed by atoms with Crippen LogP contribution in [0, 0.1) is 0 Å². The number of carbonyl (C=O) groups excluding carboxylic acids is 3. The highest BCUT2D eigenvalue weighted by Crippen LogP contribution is 2.14. The molecule has 1 heterocycles. The fraction of sp³-hybridized carbons (Fsp3) is 0.429. The topological polar surface area (TPSA) is 107 Å². The van der Waals surface area contributed by atoms with E-state index in [1.54, 1.807) is 20.8 Å². The van der Waals surface area contributed by atoms with Crippen LogP contribution in [0.4, 0.5) is 0 Å². The number of aliphatic carboxylic acids is 1. The van der Waals surface area contributed by atoms with Crippen LogP contribution in [0.1, 0.15) is 33.6 Å². The van der Waals surface area contributed by atoms with Crippen molar-refractivity contribution in [2.45, 2.75) is 33.6 Å². The van der Waals surface area contributed by atoms with E-state index >= 15 is 0 Å². The Hall–Kier alpha value is -2.44. The van der Waals surface area contributed by atoms with Crippen LogP contribution >= 0.6 is 0 Å². The fourth-order valence-corrected chi connectivity index (χ4v) is 1.50. The summed E-state index contributed by atoms with van der Waals surface area (Å²) in [4.78, 5) is 42.0. The first-order valence-electron chi connectivity index (χ1n) is 6.43. The number of ether oxygens (including phenoxy) is 2. The molecule has 0 spiro atoms. The summed E-state index contributed by atoms with van der Waals surface area (Å²) in [6.45, 7) is 5.40. The summed E-state index contributed by atoms with van der Waals surface area (Å²) in [7, 11) is 0. The number of hydrogen-bond donors (Lipinski definition) is 1. The molecule has 1 N–H and O–H groups in total. The van der Waals surface area contributed by atoms with E-state index in [0.29, 0.717) is 12.8 Å². The molecule has 0 aromatic rings. The van der Waals surface area contributed by atoms with Gasteiger partial charge in [-0.1, -0.05) is 13.8 Å². The molecule has 0 saturated carbocycles. The number of cyclic esters (lactones) is 2. The zero-order chi connectivity index (χ0) is 16.4. The molecule has 0 aliphatic carbocycles. The van der Waals surface area contributed by atoms with Gasteiger partial charge in [-0.3, -0.25) is 0 Å². The molecule has 0 aromatic carbocycles. The van der Waals surface area contributed by atoms with Crippen LogP contribution in [-0.4, -0.2) is 35.6 Å². The molecule has 1 rings (SSSR count). The van der Waals surface area contributed by atoms with Gasteiger partial charge in [-0.15, -0.1) is 0 Å². The van der Waals surface area contributed by atoms with E-state index in [4.69, 9.17) is 9.84 Å². The summed E-state index contributed by atoms with van der Waals surface area (Å²) < 4.78 is 8.74. The minimum absolute atomic E-state index is 0.144. The largest absolute Gasteiger partial charge is 0.478 e. The first kappa shape index (κ1) is 18.6.